The van der Waals surface area contributed by atoms with Crippen LogP contribution in [-0.2, 0) is 9.59 Å². The molecule has 0 fully saturated rings. The van der Waals surface area contributed by atoms with E-state index in [1.54, 1.807) is 12.1 Å². The van der Waals surface area contributed by atoms with Gasteiger partial charge in [-0.25, -0.2) is 0 Å². The van der Waals surface area contributed by atoms with Gasteiger partial charge in [0.25, 0.3) is 5.91 Å². The Bertz CT molecular complexity index is 449. The average Bonchev–Trinajstić information content (AvgIpc) is 2.38. The standard InChI is InChI=1S/C10H10ClN3O2.CH4O/c11-6-1-2-8(14-3-4-15)7(5-6)9(12)10(13)16;1-2/h1-2,4-5,12,14H,3H2,(H2,13,16);2H,1H3. The van der Waals surface area contributed by atoms with Gasteiger partial charge in [0.15, 0.2) is 0 Å². The maximum Gasteiger partial charge on any atom is 0.267 e. The molecule has 98 valence electrons. The first-order valence-electron chi connectivity index (χ1n) is 4.86. The van der Waals surface area contributed by atoms with Gasteiger partial charge in [-0.05, 0) is 18.2 Å². The minimum atomic E-state index is -0.851. The SMILES string of the molecule is CO.N=C(C(N)=O)c1cc(Cl)ccc1NCC=O. The van der Waals surface area contributed by atoms with Crippen LogP contribution < -0.4 is 11.1 Å². The van der Waals surface area contributed by atoms with E-state index in [2.05, 4.69) is 5.32 Å². The highest BCUT2D eigenvalue weighted by atomic mass is 35.5. The van der Waals surface area contributed by atoms with Crippen LogP contribution in [0.5, 0.6) is 0 Å². The molecule has 0 aliphatic carbocycles. The van der Waals surface area contributed by atoms with Gasteiger partial charge in [-0.2, -0.15) is 0 Å². The summed E-state index contributed by atoms with van der Waals surface area (Å²) in [5, 5.41) is 17.6. The van der Waals surface area contributed by atoms with Crippen LogP contribution in [0.25, 0.3) is 0 Å². The fourth-order valence-electron chi connectivity index (χ4n) is 1.16. The van der Waals surface area contributed by atoms with Gasteiger partial charge in [0.2, 0.25) is 0 Å². The fraction of sp³-hybridized carbons (Fsp3) is 0.182. The van der Waals surface area contributed by atoms with E-state index in [4.69, 9.17) is 27.9 Å². The lowest BCUT2D eigenvalue weighted by Crippen LogP contribution is -2.24. The van der Waals surface area contributed by atoms with Crippen LogP contribution in [-0.4, -0.2) is 36.7 Å². The van der Waals surface area contributed by atoms with Crippen molar-refractivity contribution in [1.82, 2.24) is 0 Å². The smallest absolute Gasteiger partial charge is 0.267 e. The zero-order valence-corrected chi connectivity index (χ0v) is 10.5. The molecule has 6 nitrogen and oxygen atoms in total. The molecule has 0 aliphatic heterocycles. The molecule has 1 amide bonds. The molecular formula is C11H14ClN3O3. The first-order valence-corrected chi connectivity index (χ1v) is 5.24. The summed E-state index contributed by atoms with van der Waals surface area (Å²) in [5.41, 5.74) is 5.41. The van der Waals surface area contributed by atoms with Crippen molar-refractivity contribution < 1.29 is 14.7 Å². The lowest BCUT2D eigenvalue weighted by atomic mass is 10.1. The number of carbonyl (C=O) groups excluding carboxylic acids is 2. The number of rotatable bonds is 5. The molecule has 18 heavy (non-hydrogen) atoms. The molecule has 7 heteroatoms. The summed E-state index contributed by atoms with van der Waals surface area (Å²) in [5.74, 6) is -0.851. The Labute approximate surface area is 109 Å². The molecular weight excluding hydrogens is 258 g/mol. The fourth-order valence-corrected chi connectivity index (χ4v) is 1.33. The van der Waals surface area contributed by atoms with Crippen molar-refractivity contribution >= 4 is 35.2 Å². The Hall–Kier alpha value is -1.92. The number of nitrogens with two attached hydrogens (primary N) is 1. The normalized spacial score (nSPS) is 8.83. The maximum absolute atomic E-state index is 10.9. The number of amides is 1. The quantitative estimate of drug-likeness (QED) is 0.458. The predicted octanol–water partition coefficient (Wildman–Crippen LogP) is 0.412. The lowest BCUT2D eigenvalue weighted by molar-refractivity contribution is -0.112. The minimum Gasteiger partial charge on any atom is -0.400 e. The molecule has 0 radical (unpaired) electrons. The largest absolute Gasteiger partial charge is 0.400 e. The molecule has 0 bridgehead atoms. The molecule has 1 rings (SSSR count). The number of aliphatic hydroxyl groups is 1. The zero-order valence-electron chi connectivity index (χ0n) is 9.74. The summed E-state index contributed by atoms with van der Waals surface area (Å²) in [7, 11) is 1.00. The van der Waals surface area contributed by atoms with Crippen molar-refractivity contribution in [3.05, 3.63) is 28.8 Å². The summed E-state index contributed by atoms with van der Waals surface area (Å²) < 4.78 is 0. The number of hydrogen-bond donors (Lipinski definition) is 4. The lowest BCUT2D eigenvalue weighted by Gasteiger charge is -2.09. The number of nitrogens with one attached hydrogen (secondary N) is 2. The summed E-state index contributed by atoms with van der Waals surface area (Å²) >= 11 is 5.75. The van der Waals surface area contributed by atoms with Crippen molar-refractivity contribution in [3.8, 4) is 0 Å². The Kier molecular flexibility index (Phi) is 7.34. The second kappa shape index (κ2) is 8.21. The van der Waals surface area contributed by atoms with E-state index in [0.29, 0.717) is 17.0 Å². The van der Waals surface area contributed by atoms with Gasteiger partial charge < -0.3 is 21.0 Å². The Morgan fingerprint density at radius 2 is 2.17 bits per heavy atom. The van der Waals surface area contributed by atoms with E-state index in [9.17, 15) is 9.59 Å². The Balaban J connectivity index is 0.00000137. The van der Waals surface area contributed by atoms with Crippen LogP contribution >= 0.6 is 11.6 Å². The monoisotopic (exact) mass is 271 g/mol. The molecule has 0 atom stereocenters. The summed E-state index contributed by atoms with van der Waals surface area (Å²) in [6.45, 7) is 0.0840. The van der Waals surface area contributed by atoms with Gasteiger partial charge in [0.05, 0.1) is 6.54 Å². The molecule has 0 heterocycles. The molecule has 0 saturated heterocycles. The average molecular weight is 272 g/mol. The van der Waals surface area contributed by atoms with Crippen molar-refractivity contribution in [2.24, 2.45) is 5.73 Å². The van der Waals surface area contributed by atoms with Crippen molar-refractivity contribution in [1.29, 1.82) is 5.41 Å². The third kappa shape index (κ3) is 4.52. The number of aliphatic hydroxyl groups excluding tert-OH is 1. The number of anilines is 1. The second-order valence-electron chi connectivity index (χ2n) is 2.98. The number of primary amides is 1. The van der Waals surface area contributed by atoms with Gasteiger partial charge in [-0.1, -0.05) is 11.6 Å². The summed E-state index contributed by atoms with van der Waals surface area (Å²) in [4.78, 5) is 21.1. The number of carbonyl (C=O) groups is 2. The first kappa shape index (κ1) is 16.1. The first-order chi connectivity index (χ1) is 8.56. The molecule has 0 aliphatic rings. The van der Waals surface area contributed by atoms with Crippen LogP contribution in [0.2, 0.25) is 5.02 Å². The van der Waals surface area contributed by atoms with Crippen molar-refractivity contribution in [3.63, 3.8) is 0 Å². The van der Waals surface area contributed by atoms with Gasteiger partial charge >= 0.3 is 0 Å². The van der Waals surface area contributed by atoms with Crippen molar-refractivity contribution in [2.45, 2.75) is 0 Å². The zero-order chi connectivity index (χ0) is 14.1. The molecule has 1 aromatic carbocycles. The third-order valence-electron chi connectivity index (χ3n) is 1.87. The Morgan fingerprint density at radius 3 is 2.67 bits per heavy atom. The van der Waals surface area contributed by atoms with E-state index in [-0.39, 0.29) is 17.8 Å². The number of halogens is 1. The van der Waals surface area contributed by atoms with Gasteiger partial charge in [0, 0.05) is 23.4 Å². The number of aldehydes is 1. The molecule has 0 unspecified atom stereocenters. The second-order valence-corrected chi connectivity index (χ2v) is 3.41. The molecule has 5 N–H and O–H groups in total. The highest BCUT2D eigenvalue weighted by molar-refractivity contribution is 6.45. The topological polar surface area (TPSA) is 116 Å². The molecule has 0 aromatic heterocycles. The van der Waals surface area contributed by atoms with Gasteiger partial charge in [0.1, 0.15) is 12.0 Å². The van der Waals surface area contributed by atoms with Crippen molar-refractivity contribution in [2.75, 3.05) is 19.0 Å². The highest BCUT2D eigenvalue weighted by Crippen LogP contribution is 2.20. The van der Waals surface area contributed by atoms with E-state index in [1.807, 2.05) is 0 Å². The van der Waals surface area contributed by atoms with E-state index < -0.39 is 5.91 Å². The van der Waals surface area contributed by atoms with Crippen LogP contribution in [0, 0.1) is 5.41 Å². The van der Waals surface area contributed by atoms with Gasteiger partial charge in [-0.15, -0.1) is 0 Å². The number of benzene rings is 1. The van der Waals surface area contributed by atoms with Crippen LogP contribution in [0.4, 0.5) is 5.69 Å². The summed E-state index contributed by atoms with van der Waals surface area (Å²) in [6, 6.07) is 4.62. The van der Waals surface area contributed by atoms with E-state index >= 15 is 0 Å². The molecule has 0 saturated carbocycles. The van der Waals surface area contributed by atoms with Crippen LogP contribution in [0.15, 0.2) is 18.2 Å². The highest BCUT2D eigenvalue weighted by Gasteiger charge is 2.13. The third-order valence-corrected chi connectivity index (χ3v) is 2.11. The predicted molar refractivity (Wildman–Crippen MR) is 70.2 cm³/mol. The van der Waals surface area contributed by atoms with Crippen LogP contribution in [0.1, 0.15) is 5.56 Å². The van der Waals surface area contributed by atoms with E-state index in [0.717, 1.165) is 7.11 Å². The molecule has 0 spiro atoms. The van der Waals surface area contributed by atoms with E-state index in [1.165, 1.54) is 6.07 Å². The minimum absolute atomic E-state index is 0.0840. The maximum atomic E-state index is 10.9. The summed E-state index contributed by atoms with van der Waals surface area (Å²) in [6.07, 6.45) is 0.673. The molecule has 1 aromatic rings. The van der Waals surface area contributed by atoms with Gasteiger partial charge in [-0.3, -0.25) is 10.2 Å². The number of hydrogen-bond acceptors (Lipinski definition) is 5. The Morgan fingerprint density at radius 1 is 1.56 bits per heavy atom. The van der Waals surface area contributed by atoms with Crippen LogP contribution in [0.3, 0.4) is 0 Å².